The number of halogens is 1. The van der Waals surface area contributed by atoms with Gasteiger partial charge in [-0.3, -0.25) is 0 Å². The summed E-state index contributed by atoms with van der Waals surface area (Å²) in [6.07, 6.45) is -0.428. The van der Waals surface area contributed by atoms with Crippen molar-refractivity contribution in [1.29, 1.82) is 0 Å². The lowest BCUT2D eigenvalue weighted by molar-refractivity contribution is -0.239. The number of imidazole rings is 1. The maximum Gasteiger partial charge on any atom is 0.296 e. The third-order valence-corrected chi connectivity index (χ3v) is 7.65. The van der Waals surface area contributed by atoms with Gasteiger partial charge in [-0.15, -0.1) is 0 Å². The van der Waals surface area contributed by atoms with Crippen molar-refractivity contribution in [2.24, 2.45) is 5.73 Å². The molecular weight excluding hydrogens is 476 g/mol. The monoisotopic (exact) mass is 500 g/mol. The third kappa shape index (κ3) is 3.55. The second-order valence-corrected chi connectivity index (χ2v) is 10.2. The van der Waals surface area contributed by atoms with Crippen LogP contribution in [0.2, 0.25) is 5.02 Å². The first-order valence-electron chi connectivity index (χ1n) is 11.7. The summed E-state index contributed by atoms with van der Waals surface area (Å²) in [6, 6.07) is 10.0. The number of nitrogens with zero attached hydrogens (tertiary/aromatic N) is 2. The van der Waals surface area contributed by atoms with Crippen LogP contribution in [-0.2, 0) is 24.5 Å². The van der Waals surface area contributed by atoms with Gasteiger partial charge in [0.05, 0.1) is 48.2 Å². The van der Waals surface area contributed by atoms with Gasteiger partial charge >= 0.3 is 0 Å². The van der Waals surface area contributed by atoms with Crippen LogP contribution in [0, 0.1) is 0 Å². The Balaban J connectivity index is 1.10. The predicted molar refractivity (Wildman–Crippen MR) is 124 cm³/mol. The van der Waals surface area contributed by atoms with Crippen LogP contribution in [0.1, 0.15) is 18.4 Å². The number of nitrogens with two attached hydrogens (primary N) is 1. The molecule has 1 aromatic carbocycles. The Labute approximate surface area is 205 Å². The summed E-state index contributed by atoms with van der Waals surface area (Å²) in [5.74, 6) is -0.516. The first kappa shape index (κ1) is 21.9. The molecule has 4 atom stereocenters. The zero-order valence-corrected chi connectivity index (χ0v) is 19.5. The summed E-state index contributed by atoms with van der Waals surface area (Å²) in [5, 5.41) is 10.4. The van der Waals surface area contributed by atoms with Gasteiger partial charge in [0.1, 0.15) is 18.3 Å². The zero-order chi connectivity index (χ0) is 23.8. The van der Waals surface area contributed by atoms with Crippen molar-refractivity contribution in [3.63, 3.8) is 0 Å². The smallest absolute Gasteiger partial charge is 0.296 e. The van der Waals surface area contributed by atoms with Crippen molar-refractivity contribution in [3.05, 3.63) is 40.9 Å². The lowest BCUT2D eigenvalue weighted by Gasteiger charge is -2.50. The molecule has 0 bridgehead atoms. The number of aromatic amines is 1. The van der Waals surface area contributed by atoms with E-state index in [9.17, 15) is 5.11 Å². The molecule has 3 saturated heterocycles. The fourth-order valence-corrected chi connectivity index (χ4v) is 5.88. The van der Waals surface area contributed by atoms with Crippen molar-refractivity contribution in [2.45, 2.75) is 48.6 Å². The van der Waals surface area contributed by atoms with Crippen LogP contribution in [0.5, 0.6) is 6.01 Å². The minimum atomic E-state index is -0.636. The van der Waals surface area contributed by atoms with E-state index in [1.165, 1.54) is 0 Å². The quantitative estimate of drug-likeness (QED) is 0.490. The normalized spacial score (nSPS) is 30.6. The van der Waals surface area contributed by atoms with E-state index in [0.717, 1.165) is 11.1 Å². The first-order chi connectivity index (χ1) is 16.9. The average Bonchev–Trinajstić information content (AvgIpc) is 3.60. The number of H-pyrrole nitrogens is 1. The fraction of sp³-hybridized carbons (Fsp3) is 0.500. The van der Waals surface area contributed by atoms with Crippen molar-refractivity contribution in [1.82, 2.24) is 15.0 Å². The van der Waals surface area contributed by atoms with Crippen LogP contribution in [0.25, 0.3) is 22.4 Å². The number of nitrogens with one attached hydrogen (secondary N) is 1. The second-order valence-electron chi connectivity index (χ2n) is 9.75. The highest BCUT2D eigenvalue weighted by atomic mass is 35.5. The van der Waals surface area contributed by atoms with Gasteiger partial charge in [0, 0.05) is 18.4 Å². The Morgan fingerprint density at radius 1 is 1.06 bits per heavy atom. The van der Waals surface area contributed by atoms with Crippen LogP contribution in [0.15, 0.2) is 30.3 Å². The van der Waals surface area contributed by atoms with Crippen molar-refractivity contribution in [2.75, 3.05) is 26.4 Å². The highest BCUT2D eigenvalue weighted by molar-refractivity contribution is 6.33. The van der Waals surface area contributed by atoms with Crippen molar-refractivity contribution >= 4 is 22.8 Å². The maximum absolute atomic E-state index is 9.92. The molecule has 4 N–H and O–H groups in total. The van der Waals surface area contributed by atoms with Crippen molar-refractivity contribution in [3.8, 4) is 17.3 Å². The topological polar surface area (TPSA) is 134 Å². The molecule has 0 radical (unpaired) electrons. The van der Waals surface area contributed by atoms with E-state index < -0.39 is 17.4 Å². The van der Waals surface area contributed by atoms with Gasteiger partial charge in [-0.2, -0.15) is 4.98 Å². The molecule has 10 nitrogen and oxygen atoms in total. The molecule has 1 spiro atoms. The van der Waals surface area contributed by atoms with Gasteiger partial charge in [0.25, 0.3) is 6.01 Å². The van der Waals surface area contributed by atoms with Crippen LogP contribution in [0.4, 0.5) is 0 Å². The summed E-state index contributed by atoms with van der Waals surface area (Å²) >= 11 is 6.58. The second kappa shape index (κ2) is 7.84. The number of hydrogen-bond donors (Lipinski definition) is 3. The molecule has 0 amide bonds. The largest absolute Gasteiger partial charge is 0.456 e. The van der Waals surface area contributed by atoms with E-state index in [1.54, 1.807) is 6.07 Å². The molecule has 7 rings (SSSR count). The number of fused-ring (bicyclic) bond motifs is 2. The highest BCUT2D eigenvalue weighted by Gasteiger charge is 2.57. The Morgan fingerprint density at radius 2 is 1.80 bits per heavy atom. The molecule has 5 heterocycles. The molecule has 2 aromatic heterocycles. The van der Waals surface area contributed by atoms with Gasteiger partial charge in [0.2, 0.25) is 0 Å². The number of hydrogen-bond acceptors (Lipinski definition) is 9. The maximum atomic E-state index is 9.92. The van der Waals surface area contributed by atoms with Crippen LogP contribution in [-0.4, -0.2) is 76.7 Å². The number of aliphatic hydroxyl groups excluding tert-OH is 1. The van der Waals surface area contributed by atoms with E-state index in [-0.39, 0.29) is 24.9 Å². The molecule has 184 valence electrons. The molecule has 35 heavy (non-hydrogen) atoms. The average molecular weight is 501 g/mol. The van der Waals surface area contributed by atoms with Crippen LogP contribution in [0.3, 0.4) is 0 Å². The van der Waals surface area contributed by atoms with Gasteiger partial charge in [-0.25, -0.2) is 4.98 Å². The summed E-state index contributed by atoms with van der Waals surface area (Å²) < 4.78 is 28.7. The summed E-state index contributed by atoms with van der Waals surface area (Å²) in [7, 11) is 0. The van der Waals surface area contributed by atoms with E-state index in [1.807, 2.05) is 24.3 Å². The molecule has 4 aliphatic rings. The molecule has 3 aliphatic heterocycles. The molecule has 4 fully saturated rings. The third-order valence-electron chi connectivity index (χ3n) is 7.37. The Morgan fingerprint density at radius 3 is 2.57 bits per heavy atom. The molecular formula is C24H25ClN4O6. The summed E-state index contributed by atoms with van der Waals surface area (Å²) in [5.41, 5.74) is 9.79. The van der Waals surface area contributed by atoms with E-state index in [4.69, 9.17) is 41.0 Å². The van der Waals surface area contributed by atoms with E-state index in [0.29, 0.717) is 60.6 Å². The standard InChI is InChI=1S/C24H25ClN4O6/c25-14-7-15-21(29-22(27-15)35-17-9-32-19-16(30)8-31-20(17)19)28-18(14)12-1-3-13(4-2-12)23(26)10-24(11-23)33-5-6-34-24/h1-4,7,16-17,19-20,30H,5-6,8-11,26H2,(H,27,28,29)/t16-,17-,19-,20-/m1/s1. The first-order valence-corrected chi connectivity index (χ1v) is 12.1. The fourth-order valence-electron chi connectivity index (χ4n) is 5.62. The van der Waals surface area contributed by atoms with E-state index >= 15 is 0 Å². The van der Waals surface area contributed by atoms with Gasteiger partial charge in [0.15, 0.2) is 17.5 Å². The van der Waals surface area contributed by atoms with Gasteiger partial charge in [-0.05, 0) is 11.6 Å². The molecule has 11 heteroatoms. The molecule has 0 unspecified atom stereocenters. The Hall–Kier alpha value is -2.31. The van der Waals surface area contributed by atoms with Crippen LogP contribution >= 0.6 is 11.6 Å². The number of benzene rings is 1. The molecule has 1 saturated carbocycles. The van der Waals surface area contributed by atoms with E-state index in [2.05, 4.69) is 15.0 Å². The zero-order valence-electron chi connectivity index (χ0n) is 18.8. The lowest BCUT2D eigenvalue weighted by atomic mass is 9.68. The number of rotatable bonds is 4. The number of aliphatic hydroxyl groups is 1. The highest BCUT2D eigenvalue weighted by Crippen LogP contribution is 2.51. The lowest BCUT2D eigenvalue weighted by Crippen LogP contribution is -2.60. The Bertz CT molecular complexity index is 1270. The Kier molecular flexibility index (Phi) is 4.91. The number of ether oxygens (including phenoxy) is 5. The number of pyridine rings is 1. The number of aromatic nitrogens is 3. The molecule has 1 aliphatic carbocycles. The van der Waals surface area contributed by atoms with Gasteiger partial charge < -0.3 is 39.5 Å². The minimum Gasteiger partial charge on any atom is -0.456 e. The van der Waals surface area contributed by atoms with Crippen molar-refractivity contribution < 1.29 is 28.8 Å². The van der Waals surface area contributed by atoms with Gasteiger partial charge in [-0.1, -0.05) is 35.9 Å². The van der Waals surface area contributed by atoms with Crippen LogP contribution < -0.4 is 10.5 Å². The SMILES string of the molecule is NC1(c2ccc(-c3nc4nc(O[C@@H]5CO[C@H]6[C@@H]5OC[C@H]6O)[nH]c4cc3Cl)cc2)CC2(C1)OCCO2. The summed E-state index contributed by atoms with van der Waals surface area (Å²) in [4.78, 5) is 12.3. The predicted octanol–water partition coefficient (Wildman–Crippen LogP) is 1.88. The molecule has 3 aromatic rings. The summed E-state index contributed by atoms with van der Waals surface area (Å²) in [6.45, 7) is 1.79. The minimum absolute atomic E-state index is 0.238.